The number of hydrogen-bond acceptors (Lipinski definition) is 4. The zero-order chi connectivity index (χ0) is 7.40. The van der Waals surface area contributed by atoms with Crippen LogP contribution in [0.5, 0.6) is 0 Å². The van der Waals surface area contributed by atoms with E-state index in [1.54, 1.807) is 0 Å². The quantitative estimate of drug-likeness (QED) is 0.544. The second kappa shape index (κ2) is 3.22. The summed E-state index contributed by atoms with van der Waals surface area (Å²) in [4.78, 5) is 4.09. The Hall–Kier alpha value is -1.03. The first kappa shape index (κ1) is 7.08. The van der Waals surface area contributed by atoms with Crippen molar-refractivity contribution in [3.05, 3.63) is 11.9 Å². The average molecular weight is 140 g/mol. The fourth-order valence-electron chi connectivity index (χ4n) is 0.734. The van der Waals surface area contributed by atoms with Gasteiger partial charge in [0.25, 0.3) is 0 Å². The number of hydrogen-bond donors (Lipinski definition) is 2. The Kier molecular flexibility index (Phi) is 2.28. The maximum Gasteiger partial charge on any atom is 0.124 e. The molecule has 0 aromatic rings. The lowest BCUT2D eigenvalue weighted by Crippen LogP contribution is -2.33. The van der Waals surface area contributed by atoms with E-state index in [1.165, 1.54) is 0 Å². The molecular weight excluding hydrogens is 128 g/mol. The van der Waals surface area contributed by atoms with Crippen LogP contribution in [0.1, 0.15) is 0 Å². The maximum atomic E-state index is 4.09. The van der Waals surface area contributed by atoms with Crippen LogP contribution < -0.4 is 10.7 Å². The van der Waals surface area contributed by atoms with E-state index < -0.39 is 0 Å². The topological polar surface area (TPSA) is 39.7 Å². The van der Waals surface area contributed by atoms with Crippen LogP contribution in [0.3, 0.4) is 0 Å². The summed E-state index contributed by atoms with van der Waals surface area (Å²) >= 11 is 0. The first-order valence-corrected chi connectivity index (χ1v) is 3.20. The van der Waals surface area contributed by atoms with Gasteiger partial charge in [0.2, 0.25) is 0 Å². The van der Waals surface area contributed by atoms with Crippen LogP contribution in [0, 0.1) is 0 Å². The number of hydrazine groups is 1. The molecule has 0 bridgehead atoms. The van der Waals surface area contributed by atoms with Gasteiger partial charge in [-0.2, -0.15) is 0 Å². The summed E-state index contributed by atoms with van der Waals surface area (Å²) in [5.74, 6) is 0. The third kappa shape index (κ3) is 1.48. The van der Waals surface area contributed by atoms with Crippen LogP contribution in [-0.4, -0.2) is 32.0 Å². The van der Waals surface area contributed by atoms with Crippen LogP contribution in [0.15, 0.2) is 16.9 Å². The lowest BCUT2D eigenvalue weighted by atomic mass is 10.5. The summed E-state index contributed by atoms with van der Waals surface area (Å²) in [6, 6.07) is 0. The molecule has 1 heterocycles. The van der Waals surface area contributed by atoms with E-state index >= 15 is 0 Å². The Balaban J connectivity index is 2.56. The first-order chi connectivity index (χ1) is 4.86. The molecule has 0 amide bonds. The van der Waals surface area contributed by atoms with Crippen LogP contribution in [-0.2, 0) is 0 Å². The normalized spacial score (nSPS) is 17.0. The smallest absolute Gasteiger partial charge is 0.124 e. The fourth-order valence-corrected chi connectivity index (χ4v) is 0.734. The van der Waals surface area contributed by atoms with E-state index in [0.29, 0.717) is 6.67 Å². The minimum atomic E-state index is 0.682. The van der Waals surface area contributed by atoms with Crippen LogP contribution >= 0.6 is 0 Å². The van der Waals surface area contributed by atoms with E-state index in [2.05, 4.69) is 15.7 Å². The van der Waals surface area contributed by atoms with E-state index in [4.69, 9.17) is 0 Å². The van der Waals surface area contributed by atoms with Crippen LogP contribution in [0.4, 0.5) is 0 Å². The summed E-state index contributed by atoms with van der Waals surface area (Å²) in [6.45, 7) is 0.682. The van der Waals surface area contributed by atoms with Gasteiger partial charge in [0.15, 0.2) is 0 Å². The van der Waals surface area contributed by atoms with Crippen LogP contribution in [0.2, 0.25) is 0 Å². The van der Waals surface area contributed by atoms with Crippen molar-refractivity contribution in [3.8, 4) is 0 Å². The Bertz CT molecular complexity index is 161. The molecule has 0 radical (unpaired) electrons. The molecule has 0 aromatic carbocycles. The second-order valence-electron chi connectivity index (χ2n) is 1.98. The molecule has 0 aliphatic carbocycles. The molecule has 10 heavy (non-hydrogen) atoms. The molecule has 2 N–H and O–H groups in total. The maximum absolute atomic E-state index is 4.09. The summed E-state index contributed by atoms with van der Waals surface area (Å²) in [5, 5.41) is 4.89. The molecule has 0 spiro atoms. The molecule has 4 heteroatoms. The van der Waals surface area contributed by atoms with Gasteiger partial charge in [-0.3, -0.25) is 10.0 Å². The van der Waals surface area contributed by atoms with Gasteiger partial charge in [0.05, 0.1) is 5.70 Å². The number of rotatable bonds is 2. The van der Waals surface area contributed by atoms with Crippen molar-refractivity contribution in [2.75, 3.05) is 20.8 Å². The molecular formula is C6H12N4. The highest BCUT2D eigenvalue weighted by atomic mass is 15.5. The minimum Gasteiger partial charge on any atom is -0.386 e. The van der Waals surface area contributed by atoms with Crippen molar-refractivity contribution in [2.45, 2.75) is 0 Å². The first-order valence-electron chi connectivity index (χ1n) is 3.20. The van der Waals surface area contributed by atoms with Gasteiger partial charge in [0, 0.05) is 26.5 Å². The monoisotopic (exact) mass is 140 g/mol. The predicted octanol–water partition coefficient (Wildman–Crippen LogP) is -0.475. The zero-order valence-electron chi connectivity index (χ0n) is 6.26. The molecule has 1 aliphatic heterocycles. The molecule has 1 aliphatic rings. The van der Waals surface area contributed by atoms with Gasteiger partial charge in [-0.1, -0.05) is 0 Å². The lowest BCUT2D eigenvalue weighted by Gasteiger charge is -2.20. The average Bonchev–Trinajstić information content (AvgIpc) is 2.05. The Morgan fingerprint density at radius 1 is 1.60 bits per heavy atom. The second-order valence-corrected chi connectivity index (χ2v) is 1.98. The van der Waals surface area contributed by atoms with Crippen molar-refractivity contribution in [3.63, 3.8) is 0 Å². The van der Waals surface area contributed by atoms with E-state index in [1.807, 2.05) is 31.5 Å². The lowest BCUT2D eigenvalue weighted by molar-refractivity contribution is 0.303. The van der Waals surface area contributed by atoms with Gasteiger partial charge in [0.1, 0.15) is 6.67 Å². The van der Waals surface area contributed by atoms with Crippen molar-refractivity contribution < 1.29 is 0 Å². The van der Waals surface area contributed by atoms with Crippen molar-refractivity contribution >= 4 is 6.21 Å². The summed E-state index contributed by atoms with van der Waals surface area (Å²) in [6.07, 6.45) is 3.78. The molecule has 0 fully saturated rings. The van der Waals surface area contributed by atoms with Gasteiger partial charge in [-0.05, 0) is 0 Å². The Morgan fingerprint density at radius 3 is 3.00 bits per heavy atom. The molecule has 4 nitrogen and oxygen atoms in total. The fraction of sp³-hybridized carbons (Fsp3) is 0.500. The molecule has 0 aromatic heterocycles. The molecule has 0 unspecified atom stereocenters. The van der Waals surface area contributed by atoms with Gasteiger partial charge in [-0.15, -0.1) is 0 Å². The number of nitrogens with zero attached hydrogens (tertiary/aromatic N) is 2. The number of nitrogens with one attached hydrogen (secondary N) is 2. The molecule has 0 saturated heterocycles. The third-order valence-electron chi connectivity index (χ3n) is 1.34. The predicted molar refractivity (Wildman–Crippen MR) is 41.4 cm³/mol. The third-order valence-corrected chi connectivity index (χ3v) is 1.34. The number of allylic oxidation sites excluding steroid dienone is 1. The number of aliphatic imine (C=N–C) groups is 1. The van der Waals surface area contributed by atoms with Crippen molar-refractivity contribution in [2.24, 2.45) is 4.99 Å². The van der Waals surface area contributed by atoms with Gasteiger partial charge < -0.3 is 5.32 Å². The van der Waals surface area contributed by atoms with E-state index in [0.717, 1.165) is 5.70 Å². The highest BCUT2D eigenvalue weighted by Crippen LogP contribution is 1.95. The largest absolute Gasteiger partial charge is 0.386 e. The molecule has 56 valence electrons. The summed E-state index contributed by atoms with van der Waals surface area (Å²) < 4.78 is 0. The summed E-state index contributed by atoms with van der Waals surface area (Å²) in [7, 11) is 3.74. The highest BCUT2D eigenvalue weighted by molar-refractivity contribution is 5.78. The SMILES string of the molecule is CNC1=CN(NC)CN=C1. The molecule has 0 saturated carbocycles. The highest BCUT2D eigenvalue weighted by Gasteiger charge is 2.00. The Labute approximate surface area is 60.6 Å². The van der Waals surface area contributed by atoms with Gasteiger partial charge >= 0.3 is 0 Å². The van der Waals surface area contributed by atoms with Crippen molar-refractivity contribution in [1.82, 2.24) is 15.8 Å². The van der Waals surface area contributed by atoms with Gasteiger partial charge in [-0.25, -0.2) is 5.43 Å². The van der Waals surface area contributed by atoms with Crippen LogP contribution in [0.25, 0.3) is 0 Å². The van der Waals surface area contributed by atoms with E-state index in [-0.39, 0.29) is 0 Å². The standard InChI is InChI=1S/C6H12N4/c1-7-6-3-9-5-10(4-6)8-2/h3-4,7-8H,5H2,1-2H3. The van der Waals surface area contributed by atoms with E-state index in [9.17, 15) is 0 Å². The zero-order valence-corrected chi connectivity index (χ0v) is 6.26. The van der Waals surface area contributed by atoms with Crippen molar-refractivity contribution in [1.29, 1.82) is 0 Å². The summed E-state index contributed by atoms with van der Waals surface area (Å²) in [5.41, 5.74) is 3.99. The Morgan fingerprint density at radius 2 is 2.40 bits per heavy atom. The molecule has 1 rings (SSSR count). The minimum absolute atomic E-state index is 0.682. The molecule has 0 atom stereocenters.